The molecule has 0 spiro atoms. The van der Waals surface area contributed by atoms with Crippen molar-refractivity contribution in [3.8, 4) is 0 Å². The van der Waals surface area contributed by atoms with Gasteiger partial charge in [-0.1, -0.05) is 30.3 Å². The normalized spacial score (nSPS) is 29.2. The first-order chi connectivity index (χ1) is 7.86. The maximum atomic E-state index is 12.3. The largest absolute Gasteiger partial charge is 0.339 e. The molecule has 2 fully saturated rings. The highest BCUT2D eigenvalue weighted by Gasteiger charge is 2.38. The Balaban J connectivity index is 1.85. The lowest BCUT2D eigenvalue weighted by molar-refractivity contribution is -0.136. The van der Waals surface area contributed by atoms with Crippen LogP contribution in [0.5, 0.6) is 0 Å². The van der Waals surface area contributed by atoms with E-state index in [1.165, 1.54) is 24.8 Å². The zero-order valence-corrected chi connectivity index (χ0v) is 9.43. The van der Waals surface area contributed by atoms with Gasteiger partial charge in [0.25, 0.3) is 0 Å². The molecule has 1 amide bonds. The monoisotopic (exact) mass is 215 g/mol. The van der Waals surface area contributed by atoms with Crippen LogP contribution in [0.4, 0.5) is 0 Å². The number of nitrogens with zero attached hydrogens (tertiary/aromatic N) is 1. The van der Waals surface area contributed by atoms with Crippen LogP contribution in [0.1, 0.15) is 37.2 Å². The average Bonchev–Trinajstić information content (AvgIpc) is 2.80. The van der Waals surface area contributed by atoms with Gasteiger partial charge in [-0.2, -0.15) is 0 Å². The fraction of sp³-hybridized carbons (Fsp3) is 0.500. The third-order valence-electron chi connectivity index (χ3n) is 3.95. The zero-order chi connectivity index (χ0) is 11.0. The van der Waals surface area contributed by atoms with Gasteiger partial charge in [0.1, 0.15) is 0 Å². The molecule has 0 saturated carbocycles. The first kappa shape index (κ1) is 9.88. The number of carbonyl (C=O) groups excluding carboxylic acids is 1. The van der Waals surface area contributed by atoms with Gasteiger partial charge in [-0.3, -0.25) is 4.79 Å². The number of carbonyl (C=O) groups is 1. The van der Waals surface area contributed by atoms with Gasteiger partial charge >= 0.3 is 0 Å². The molecule has 2 heterocycles. The summed E-state index contributed by atoms with van der Waals surface area (Å²) in [5.74, 6) is 0.482. The van der Waals surface area contributed by atoms with Gasteiger partial charge < -0.3 is 4.90 Å². The molecule has 0 aromatic heterocycles. The van der Waals surface area contributed by atoms with Crippen LogP contribution in [0.15, 0.2) is 30.3 Å². The molecule has 1 unspecified atom stereocenters. The van der Waals surface area contributed by atoms with Gasteiger partial charge in [-0.05, 0) is 31.2 Å². The van der Waals surface area contributed by atoms with Gasteiger partial charge in [-0.25, -0.2) is 0 Å². The third kappa shape index (κ3) is 1.53. The average molecular weight is 215 g/mol. The highest BCUT2D eigenvalue weighted by molar-refractivity contribution is 5.85. The molecule has 2 saturated heterocycles. The lowest BCUT2D eigenvalue weighted by Crippen LogP contribution is -2.43. The van der Waals surface area contributed by atoms with E-state index in [4.69, 9.17) is 0 Å². The molecular formula is C14H17NO. The minimum absolute atomic E-state index is 0.121. The molecule has 0 N–H and O–H groups in total. The van der Waals surface area contributed by atoms with Crippen molar-refractivity contribution in [2.45, 2.75) is 37.6 Å². The molecular weight excluding hydrogens is 198 g/mol. The summed E-state index contributed by atoms with van der Waals surface area (Å²) in [7, 11) is 0. The Morgan fingerprint density at radius 3 is 2.69 bits per heavy atom. The highest BCUT2D eigenvalue weighted by atomic mass is 16.2. The van der Waals surface area contributed by atoms with E-state index in [0.717, 1.165) is 13.0 Å². The van der Waals surface area contributed by atoms with E-state index in [9.17, 15) is 4.79 Å². The number of amides is 1. The van der Waals surface area contributed by atoms with Crippen LogP contribution in [0, 0.1) is 0 Å². The standard InChI is InChI=1S/C14H17NO/c16-14-13(11-5-2-1-3-6-11)9-8-12-7-4-10-15(12)14/h1-3,5-6,12-13H,4,7-10H2/t12-,13?/m1/s1. The Morgan fingerprint density at radius 2 is 1.88 bits per heavy atom. The number of benzene rings is 1. The maximum absolute atomic E-state index is 12.3. The van der Waals surface area contributed by atoms with Crippen LogP contribution in [0.25, 0.3) is 0 Å². The summed E-state index contributed by atoms with van der Waals surface area (Å²) in [6.07, 6.45) is 4.63. The molecule has 2 heteroatoms. The second-order valence-electron chi connectivity index (χ2n) is 4.87. The Labute approximate surface area is 96.3 Å². The van der Waals surface area contributed by atoms with Crippen LogP contribution >= 0.6 is 0 Å². The lowest BCUT2D eigenvalue weighted by Gasteiger charge is -2.34. The van der Waals surface area contributed by atoms with E-state index in [1.807, 2.05) is 18.2 Å². The van der Waals surface area contributed by atoms with Crippen LogP contribution in [-0.4, -0.2) is 23.4 Å². The number of fused-ring (bicyclic) bond motifs is 1. The van der Waals surface area contributed by atoms with Crippen LogP contribution < -0.4 is 0 Å². The fourth-order valence-electron chi connectivity index (χ4n) is 3.10. The first-order valence-corrected chi connectivity index (χ1v) is 6.21. The predicted octanol–water partition coefficient (Wildman–Crippen LogP) is 2.56. The minimum Gasteiger partial charge on any atom is -0.339 e. The Bertz CT molecular complexity index is 387. The number of hydrogen-bond donors (Lipinski definition) is 0. The van der Waals surface area contributed by atoms with Crippen molar-refractivity contribution in [3.05, 3.63) is 35.9 Å². The maximum Gasteiger partial charge on any atom is 0.230 e. The van der Waals surface area contributed by atoms with Crippen molar-refractivity contribution in [2.24, 2.45) is 0 Å². The summed E-state index contributed by atoms with van der Waals surface area (Å²) in [4.78, 5) is 14.4. The summed E-state index contributed by atoms with van der Waals surface area (Å²) in [6.45, 7) is 0.979. The molecule has 0 aliphatic carbocycles. The van der Waals surface area contributed by atoms with Crippen molar-refractivity contribution >= 4 is 5.91 Å². The fourth-order valence-corrected chi connectivity index (χ4v) is 3.10. The summed E-state index contributed by atoms with van der Waals surface area (Å²) < 4.78 is 0. The summed E-state index contributed by atoms with van der Waals surface area (Å²) in [5, 5.41) is 0. The van der Waals surface area contributed by atoms with E-state index in [2.05, 4.69) is 17.0 Å². The molecule has 2 nitrogen and oxygen atoms in total. The summed E-state index contributed by atoms with van der Waals surface area (Å²) in [5.41, 5.74) is 1.19. The summed E-state index contributed by atoms with van der Waals surface area (Å²) >= 11 is 0. The van der Waals surface area contributed by atoms with Crippen molar-refractivity contribution in [2.75, 3.05) is 6.54 Å². The smallest absolute Gasteiger partial charge is 0.230 e. The van der Waals surface area contributed by atoms with Crippen molar-refractivity contribution < 1.29 is 4.79 Å². The van der Waals surface area contributed by atoms with E-state index < -0.39 is 0 Å². The molecule has 16 heavy (non-hydrogen) atoms. The Morgan fingerprint density at radius 1 is 1.06 bits per heavy atom. The molecule has 1 aromatic rings. The molecule has 2 aliphatic rings. The third-order valence-corrected chi connectivity index (χ3v) is 3.95. The van der Waals surface area contributed by atoms with Crippen molar-refractivity contribution in [1.82, 2.24) is 4.90 Å². The molecule has 84 valence electrons. The summed E-state index contributed by atoms with van der Waals surface area (Å²) in [6, 6.07) is 10.8. The van der Waals surface area contributed by atoms with E-state index >= 15 is 0 Å². The van der Waals surface area contributed by atoms with Crippen LogP contribution in [-0.2, 0) is 4.79 Å². The molecule has 2 aliphatic heterocycles. The molecule has 0 bridgehead atoms. The molecule has 0 radical (unpaired) electrons. The predicted molar refractivity (Wildman–Crippen MR) is 63.2 cm³/mol. The first-order valence-electron chi connectivity index (χ1n) is 6.21. The van der Waals surface area contributed by atoms with Crippen LogP contribution in [0.3, 0.4) is 0 Å². The van der Waals surface area contributed by atoms with Gasteiger partial charge in [0.2, 0.25) is 5.91 Å². The van der Waals surface area contributed by atoms with E-state index in [1.54, 1.807) is 0 Å². The Hall–Kier alpha value is -1.31. The SMILES string of the molecule is O=C1C(c2ccccc2)CC[C@H]2CCCN12. The van der Waals surface area contributed by atoms with Crippen molar-refractivity contribution in [3.63, 3.8) is 0 Å². The topological polar surface area (TPSA) is 20.3 Å². The van der Waals surface area contributed by atoms with Crippen LogP contribution in [0.2, 0.25) is 0 Å². The van der Waals surface area contributed by atoms with Gasteiger partial charge in [-0.15, -0.1) is 0 Å². The number of rotatable bonds is 1. The van der Waals surface area contributed by atoms with Gasteiger partial charge in [0, 0.05) is 12.6 Å². The lowest BCUT2D eigenvalue weighted by atomic mass is 9.87. The van der Waals surface area contributed by atoms with Crippen molar-refractivity contribution in [1.29, 1.82) is 0 Å². The Kier molecular flexibility index (Phi) is 2.43. The number of piperidine rings is 1. The molecule has 2 atom stereocenters. The highest BCUT2D eigenvalue weighted by Crippen LogP contribution is 2.35. The second-order valence-corrected chi connectivity index (χ2v) is 4.87. The second kappa shape index (κ2) is 3.93. The van der Waals surface area contributed by atoms with Gasteiger partial charge in [0.15, 0.2) is 0 Å². The van der Waals surface area contributed by atoms with E-state index in [-0.39, 0.29) is 5.92 Å². The van der Waals surface area contributed by atoms with Gasteiger partial charge in [0.05, 0.1) is 5.92 Å². The van der Waals surface area contributed by atoms with E-state index in [0.29, 0.717) is 11.9 Å². The zero-order valence-electron chi connectivity index (χ0n) is 9.43. The molecule has 3 rings (SSSR count). The minimum atomic E-state index is 0.121. The number of hydrogen-bond acceptors (Lipinski definition) is 1. The quantitative estimate of drug-likeness (QED) is 0.705. The molecule has 1 aromatic carbocycles.